The minimum Gasteiger partial charge on any atom is -0.380 e. The van der Waals surface area contributed by atoms with Crippen LogP contribution >= 0.6 is 11.6 Å². The van der Waals surface area contributed by atoms with Crippen molar-refractivity contribution in [3.8, 4) is 0 Å². The van der Waals surface area contributed by atoms with E-state index in [4.69, 9.17) is 11.6 Å². The van der Waals surface area contributed by atoms with Gasteiger partial charge in [-0.3, -0.25) is 4.99 Å². The number of fused-ring (bicyclic) bond motifs is 1. The molecule has 5 nitrogen and oxygen atoms in total. The number of hydrogen-bond acceptors (Lipinski definition) is 5. The molecule has 0 saturated heterocycles. The molecule has 0 fully saturated rings. The summed E-state index contributed by atoms with van der Waals surface area (Å²) in [7, 11) is 0. The molecule has 0 spiro atoms. The van der Waals surface area contributed by atoms with Crippen LogP contribution in [-0.4, -0.2) is 27.5 Å². The summed E-state index contributed by atoms with van der Waals surface area (Å²) in [6, 6.07) is 11.5. The molecule has 1 aromatic heterocycles. The maximum absolute atomic E-state index is 13.4. The van der Waals surface area contributed by atoms with Crippen LogP contribution in [0.15, 0.2) is 59.1 Å². The molecular formula is C20H16ClFN4O. The average molecular weight is 383 g/mol. The topological polar surface area (TPSA) is 70.4 Å². The quantitative estimate of drug-likeness (QED) is 0.709. The second-order valence-corrected chi connectivity index (χ2v) is 6.75. The summed E-state index contributed by atoms with van der Waals surface area (Å²) in [5.74, 6) is 0.906. The van der Waals surface area contributed by atoms with Crippen LogP contribution in [0.5, 0.6) is 0 Å². The molecule has 1 atom stereocenters. The Morgan fingerprint density at radius 3 is 2.74 bits per heavy atom. The molecule has 0 radical (unpaired) electrons. The largest absolute Gasteiger partial charge is 0.380 e. The fourth-order valence-electron chi connectivity index (χ4n) is 2.88. The summed E-state index contributed by atoms with van der Waals surface area (Å²) in [4.78, 5) is 13.4. The fraction of sp³-hybridized carbons (Fsp3) is 0.150. The van der Waals surface area contributed by atoms with Crippen LogP contribution < -0.4 is 5.32 Å². The van der Waals surface area contributed by atoms with Gasteiger partial charge in [0.1, 0.15) is 23.6 Å². The summed E-state index contributed by atoms with van der Waals surface area (Å²) < 4.78 is 13.4. The number of amidine groups is 1. The standard InChI is InChI=1S/C20H16ClFN4O/c1-11-8-17(23-10-11)25-19-13-4-2-3-5-16(13)24-20(26-19)18(27)12-6-7-15(22)14(21)9-12/h2-9,18,27H,10H2,1H3,(H,23,24,25,26). The Hall–Kier alpha value is -2.83. The third kappa shape index (κ3) is 3.54. The Bertz CT molecular complexity index is 1100. The Labute approximate surface area is 160 Å². The molecule has 136 valence electrons. The van der Waals surface area contributed by atoms with Crippen LogP contribution in [0.25, 0.3) is 10.9 Å². The van der Waals surface area contributed by atoms with E-state index in [2.05, 4.69) is 20.3 Å². The summed E-state index contributed by atoms with van der Waals surface area (Å²) in [6.45, 7) is 2.65. The van der Waals surface area contributed by atoms with Crippen LogP contribution in [0.2, 0.25) is 5.02 Å². The number of halogens is 2. The molecule has 7 heteroatoms. The predicted octanol–water partition coefficient (Wildman–Crippen LogP) is 4.27. The lowest BCUT2D eigenvalue weighted by Crippen LogP contribution is -2.13. The number of nitrogens with one attached hydrogen (secondary N) is 1. The first-order valence-corrected chi connectivity index (χ1v) is 8.77. The number of rotatable bonds is 3. The van der Waals surface area contributed by atoms with Gasteiger partial charge in [-0.15, -0.1) is 0 Å². The molecule has 0 bridgehead atoms. The number of aliphatic hydroxyl groups is 1. The summed E-state index contributed by atoms with van der Waals surface area (Å²) >= 11 is 5.84. The Morgan fingerprint density at radius 2 is 2.00 bits per heavy atom. The molecule has 1 aliphatic rings. The second kappa shape index (κ2) is 7.06. The van der Waals surface area contributed by atoms with Crippen molar-refractivity contribution in [2.24, 2.45) is 4.99 Å². The van der Waals surface area contributed by atoms with Crippen molar-refractivity contribution in [3.63, 3.8) is 0 Å². The second-order valence-electron chi connectivity index (χ2n) is 6.34. The Kier molecular flexibility index (Phi) is 4.59. The van der Waals surface area contributed by atoms with E-state index in [9.17, 15) is 9.50 Å². The Morgan fingerprint density at radius 1 is 1.19 bits per heavy atom. The molecule has 2 heterocycles. The third-order valence-electron chi connectivity index (χ3n) is 4.25. The van der Waals surface area contributed by atoms with E-state index in [0.717, 1.165) is 11.0 Å². The fourth-order valence-corrected chi connectivity index (χ4v) is 3.06. The molecule has 0 amide bonds. The van der Waals surface area contributed by atoms with Gasteiger partial charge < -0.3 is 10.4 Å². The zero-order valence-electron chi connectivity index (χ0n) is 14.4. The van der Waals surface area contributed by atoms with Gasteiger partial charge in [-0.05, 0) is 48.4 Å². The van der Waals surface area contributed by atoms with E-state index in [1.54, 1.807) is 0 Å². The first kappa shape index (κ1) is 17.6. The third-order valence-corrected chi connectivity index (χ3v) is 4.54. The van der Waals surface area contributed by atoms with Gasteiger partial charge in [-0.1, -0.05) is 29.8 Å². The van der Waals surface area contributed by atoms with E-state index >= 15 is 0 Å². The van der Waals surface area contributed by atoms with Crippen molar-refractivity contribution in [1.82, 2.24) is 9.97 Å². The molecule has 0 saturated carbocycles. The molecule has 4 rings (SSSR count). The molecule has 0 aliphatic carbocycles. The highest BCUT2D eigenvalue weighted by Gasteiger charge is 2.19. The van der Waals surface area contributed by atoms with E-state index in [-0.39, 0.29) is 10.8 Å². The summed E-state index contributed by atoms with van der Waals surface area (Å²) in [5.41, 5.74) is 2.24. The summed E-state index contributed by atoms with van der Waals surface area (Å²) in [5, 5.41) is 14.7. The van der Waals surface area contributed by atoms with Gasteiger partial charge in [0, 0.05) is 5.39 Å². The van der Waals surface area contributed by atoms with Gasteiger partial charge in [0.05, 0.1) is 17.1 Å². The first-order valence-electron chi connectivity index (χ1n) is 8.39. The highest BCUT2D eigenvalue weighted by atomic mass is 35.5. The predicted molar refractivity (Wildman–Crippen MR) is 105 cm³/mol. The SMILES string of the molecule is CC1=CC(Nc2nc(C(O)c3ccc(F)c(Cl)c3)nc3ccccc23)=NC1. The molecule has 27 heavy (non-hydrogen) atoms. The maximum Gasteiger partial charge on any atom is 0.164 e. The highest BCUT2D eigenvalue weighted by molar-refractivity contribution is 6.30. The maximum atomic E-state index is 13.4. The van der Waals surface area contributed by atoms with E-state index in [0.29, 0.717) is 29.3 Å². The van der Waals surface area contributed by atoms with E-state index in [1.807, 2.05) is 37.3 Å². The lowest BCUT2D eigenvalue weighted by Gasteiger charge is -2.14. The normalized spacial score (nSPS) is 14.8. The number of nitrogens with zero attached hydrogens (tertiary/aromatic N) is 3. The molecule has 2 N–H and O–H groups in total. The van der Waals surface area contributed by atoms with E-state index < -0.39 is 11.9 Å². The molecular weight excluding hydrogens is 367 g/mol. The average Bonchev–Trinajstić information content (AvgIpc) is 3.08. The van der Waals surface area contributed by atoms with Crippen LogP contribution in [0, 0.1) is 5.82 Å². The molecule has 2 aromatic carbocycles. The van der Waals surface area contributed by atoms with Gasteiger partial charge in [0.25, 0.3) is 0 Å². The van der Waals surface area contributed by atoms with Crippen LogP contribution in [-0.2, 0) is 0 Å². The lowest BCUT2D eigenvalue weighted by atomic mass is 10.1. The monoisotopic (exact) mass is 382 g/mol. The van der Waals surface area contributed by atoms with Crippen molar-refractivity contribution in [2.45, 2.75) is 13.0 Å². The van der Waals surface area contributed by atoms with Gasteiger partial charge in [0.15, 0.2) is 5.82 Å². The minimum atomic E-state index is -1.14. The van der Waals surface area contributed by atoms with Gasteiger partial charge in [-0.2, -0.15) is 0 Å². The molecule has 3 aromatic rings. The minimum absolute atomic E-state index is 0.0633. The molecule has 1 unspecified atom stereocenters. The van der Waals surface area contributed by atoms with Gasteiger partial charge in [0.2, 0.25) is 0 Å². The summed E-state index contributed by atoms with van der Waals surface area (Å²) in [6.07, 6.45) is 0.809. The number of aliphatic imine (C=N–C) groups is 1. The number of benzene rings is 2. The lowest BCUT2D eigenvalue weighted by molar-refractivity contribution is 0.210. The number of para-hydroxylation sites is 1. The van der Waals surface area contributed by atoms with Crippen LogP contribution in [0.1, 0.15) is 24.4 Å². The van der Waals surface area contributed by atoms with Gasteiger partial charge in [-0.25, -0.2) is 14.4 Å². The zero-order chi connectivity index (χ0) is 19.0. The number of anilines is 1. The van der Waals surface area contributed by atoms with Crippen molar-refractivity contribution in [2.75, 3.05) is 11.9 Å². The smallest absolute Gasteiger partial charge is 0.164 e. The molecule has 1 aliphatic heterocycles. The highest BCUT2D eigenvalue weighted by Crippen LogP contribution is 2.28. The van der Waals surface area contributed by atoms with Crippen LogP contribution in [0.4, 0.5) is 10.2 Å². The number of aliphatic hydroxyl groups excluding tert-OH is 1. The zero-order valence-corrected chi connectivity index (χ0v) is 15.2. The van der Waals surface area contributed by atoms with Gasteiger partial charge >= 0.3 is 0 Å². The number of hydrogen-bond donors (Lipinski definition) is 2. The van der Waals surface area contributed by atoms with Crippen molar-refractivity contribution < 1.29 is 9.50 Å². The number of aromatic nitrogens is 2. The van der Waals surface area contributed by atoms with Crippen LogP contribution in [0.3, 0.4) is 0 Å². The Balaban J connectivity index is 1.78. The van der Waals surface area contributed by atoms with Crippen molar-refractivity contribution in [1.29, 1.82) is 0 Å². The first-order chi connectivity index (χ1) is 13.0. The van der Waals surface area contributed by atoms with Crippen molar-refractivity contribution >= 4 is 34.2 Å². The van der Waals surface area contributed by atoms with Crippen molar-refractivity contribution in [3.05, 3.63) is 76.3 Å². The van der Waals surface area contributed by atoms with E-state index in [1.165, 1.54) is 18.2 Å².